The summed E-state index contributed by atoms with van der Waals surface area (Å²) in [6.45, 7) is 5.32. The first kappa shape index (κ1) is 16.6. The van der Waals surface area contributed by atoms with Crippen molar-refractivity contribution < 1.29 is 19.7 Å². The third-order valence-electron chi connectivity index (χ3n) is 3.39. The number of phenolic OH excluding ortho intramolecular Hbond substituents is 1. The van der Waals surface area contributed by atoms with Crippen LogP contribution in [0.5, 0.6) is 11.5 Å². The number of aliphatic hydroxyl groups is 1. The minimum absolute atomic E-state index is 0.0717. The summed E-state index contributed by atoms with van der Waals surface area (Å²) in [5, 5.41) is 23.7. The molecule has 0 saturated carbocycles. The molecule has 1 aliphatic heterocycles. The van der Waals surface area contributed by atoms with Gasteiger partial charge < -0.3 is 14.9 Å². The summed E-state index contributed by atoms with van der Waals surface area (Å²) < 4.78 is 5.44. The Balaban J connectivity index is 2.41. The van der Waals surface area contributed by atoms with Crippen molar-refractivity contribution in [2.45, 2.75) is 33.3 Å². The molecule has 1 amide bonds. The van der Waals surface area contributed by atoms with Crippen LogP contribution >= 0.6 is 11.6 Å². The fourth-order valence-corrected chi connectivity index (χ4v) is 2.61. The highest BCUT2D eigenvalue weighted by atomic mass is 35.5. The zero-order valence-corrected chi connectivity index (χ0v) is 13.4. The molecule has 1 heterocycles. The van der Waals surface area contributed by atoms with E-state index >= 15 is 0 Å². The molecule has 1 aromatic carbocycles. The van der Waals surface area contributed by atoms with E-state index in [4.69, 9.17) is 16.3 Å². The van der Waals surface area contributed by atoms with E-state index in [-0.39, 0.29) is 29.2 Å². The van der Waals surface area contributed by atoms with Crippen LogP contribution in [0.3, 0.4) is 0 Å². The van der Waals surface area contributed by atoms with Gasteiger partial charge in [0.15, 0.2) is 0 Å². The molecule has 0 aliphatic carbocycles. The lowest BCUT2D eigenvalue weighted by molar-refractivity contribution is -0.121. The fraction of sp³-hybridized carbons (Fsp3) is 0.467. The van der Waals surface area contributed by atoms with Gasteiger partial charge in [-0.05, 0) is 25.5 Å². The summed E-state index contributed by atoms with van der Waals surface area (Å²) >= 11 is 6.18. The second kappa shape index (κ2) is 6.54. The van der Waals surface area contributed by atoms with Crippen molar-refractivity contribution in [3.63, 3.8) is 0 Å². The fourth-order valence-electron chi connectivity index (χ4n) is 2.30. The average molecular weight is 327 g/mol. The number of nitrogens with zero attached hydrogens (tertiary/aromatic N) is 1. The molecule has 120 valence electrons. The van der Waals surface area contributed by atoms with Crippen molar-refractivity contribution in [2.75, 3.05) is 6.61 Å². The third kappa shape index (κ3) is 3.34. The number of phenols is 1. The van der Waals surface area contributed by atoms with Gasteiger partial charge in [0, 0.05) is 17.9 Å². The largest absolute Gasteiger partial charge is 0.506 e. The molecule has 0 radical (unpaired) electrons. The zero-order chi connectivity index (χ0) is 16.4. The lowest BCUT2D eigenvalue weighted by atomic mass is 9.92. The summed E-state index contributed by atoms with van der Waals surface area (Å²) in [7, 11) is 0. The maximum Gasteiger partial charge on any atom is 0.240 e. The second-order valence-corrected chi connectivity index (χ2v) is 5.91. The summed E-state index contributed by atoms with van der Waals surface area (Å²) in [4.78, 5) is 11.3. The first-order valence-electron chi connectivity index (χ1n) is 7.01. The standard InChI is InChI=1S/C15H19ClN2O4/c1-7-5-11(20)17-18-13(7)10-4-8(2)15(12(16)14(10)21)22-6-9(3)19/h4,7,9,19,21H,5-6H2,1-3H3,(H,17,20). The molecule has 0 fully saturated rings. The molecule has 1 aromatic rings. The number of rotatable bonds is 4. The monoisotopic (exact) mass is 326 g/mol. The van der Waals surface area contributed by atoms with E-state index in [1.807, 2.05) is 6.92 Å². The number of hydrogen-bond acceptors (Lipinski definition) is 5. The predicted molar refractivity (Wildman–Crippen MR) is 83.5 cm³/mol. The Labute approximate surface area is 133 Å². The number of aryl methyl sites for hydroxylation is 1. The minimum Gasteiger partial charge on any atom is -0.506 e. The Bertz CT molecular complexity index is 628. The highest BCUT2D eigenvalue weighted by Crippen LogP contribution is 2.40. The van der Waals surface area contributed by atoms with Crippen LogP contribution in [0.4, 0.5) is 0 Å². The molecular formula is C15H19ClN2O4. The van der Waals surface area contributed by atoms with Crippen LogP contribution in [0.1, 0.15) is 31.4 Å². The smallest absolute Gasteiger partial charge is 0.240 e. The normalized spacial score (nSPS) is 19.4. The number of hydrogen-bond donors (Lipinski definition) is 3. The van der Waals surface area contributed by atoms with E-state index in [1.165, 1.54) is 0 Å². The van der Waals surface area contributed by atoms with Gasteiger partial charge in [-0.3, -0.25) is 4.79 Å². The maximum atomic E-state index is 11.3. The van der Waals surface area contributed by atoms with Gasteiger partial charge in [-0.15, -0.1) is 0 Å². The number of carbonyl (C=O) groups is 1. The van der Waals surface area contributed by atoms with Gasteiger partial charge in [0.05, 0.1) is 11.8 Å². The van der Waals surface area contributed by atoms with Crippen LogP contribution in [-0.2, 0) is 4.79 Å². The lowest BCUT2D eigenvalue weighted by Crippen LogP contribution is -2.32. The lowest BCUT2D eigenvalue weighted by Gasteiger charge is -2.22. The summed E-state index contributed by atoms with van der Waals surface area (Å²) in [5.41, 5.74) is 4.17. The molecule has 2 unspecified atom stereocenters. The molecule has 2 atom stereocenters. The van der Waals surface area contributed by atoms with Crippen molar-refractivity contribution in [1.82, 2.24) is 5.43 Å². The number of ether oxygens (including phenoxy) is 1. The van der Waals surface area contributed by atoms with Crippen LogP contribution in [0.15, 0.2) is 11.2 Å². The molecule has 6 nitrogen and oxygen atoms in total. The number of aliphatic hydroxyl groups excluding tert-OH is 1. The highest BCUT2D eigenvalue weighted by molar-refractivity contribution is 6.34. The van der Waals surface area contributed by atoms with Gasteiger partial charge in [0.25, 0.3) is 0 Å². The van der Waals surface area contributed by atoms with Crippen LogP contribution < -0.4 is 10.2 Å². The van der Waals surface area contributed by atoms with E-state index in [0.29, 0.717) is 29.0 Å². The average Bonchev–Trinajstić information content (AvgIpc) is 2.43. The Morgan fingerprint density at radius 3 is 2.86 bits per heavy atom. The van der Waals surface area contributed by atoms with Gasteiger partial charge in [-0.1, -0.05) is 18.5 Å². The van der Waals surface area contributed by atoms with Crippen molar-refractivity contribution in [2.24, 2.45) is 11.0 Å². The van der Waals surface area contributed by atoms with E-state index in [2.05, 4.69) is 10.5 Å². The van der Waals surface area contributed by atoms with Crippen LogP contribution in [-0.4, -0.2) is 34.5 Å². The summed E-state index contributed by atoms with van der Waals surface area (Å²) in [5.74, 6) is -0.0960. The van der Waals surface area contributed by atoms with Gasteiger partial charge in [-0.2, -0.15) is 5.10 Å². The van der Waals surface area contributed by atoms with Crippen LogP contribution in [0.25, 0.3) is 0 Å². The van der Waals surface area contributed by atoms with E-state index < -0.39 is 6.10 Å². The second-order valence-electron chi connectivity index (χ2n) is 5.53. The Morgan fingerprint density at radius 1 is 1.59 bits per heavy atom. The molecule has 7 heteroatoms. The van der Waals surface area contributed by atoms with Crippen molar-refractivity contribution in [1.29, 1.82) is 0 Å². The number of nitrogens with one attached hydrogen (secondary N) is 1. The molecule has 0 spiro atoms. The van der Waals surface area contributed by atoms with Gasteiger partial charge in [-0.25, -0.2) is 5.43 Å². The molecule has 0 bridgehead atoms. The first-order valence-corrected chi connectivity index (χ1v) is 7.38. The number of amides is 1. The van der Waals surface area contributed by atoms with E-state index in [0.717, 1.165) is 0 Å². The number of aromatic hydroxyl groups is 1. The molecule has 3 N–H and O–H groups in total. The number of carbonyl (C=O) groups excluding carboxylic acids is 1. The van der Waals surface area contributed by atoms with Crippen molar-refractivity contribution >= 4 is 23.2 Å². The Kier molecular flexibility index (Phi) is 4.93. The van der Waals surface area contributed by atoms with E-state index in [9.17, 15) is 15.0 Å². The SMILES string of the molecule is Cc1cc(C2=NNC(=O)CC2C)c(O)c(Cl)c1OCC(C)O. The molecule has 1 aliphatic rings. The number of hydrazone groups is 1. The predicted octanol–water partition coefficient (Wildman–Crippen LogP) is 1.97. The topological polar surface area (TPSA) is 91.2 Å². The summed E-state index contributed by atoms with van der Waals surface area (Å²) in [6.07, 6.45) is -0.342. The van der Waals surface area contributed by atoms with E-state index in [1.54, 1.807) is 19.9 Å². The number of halogens is 1. The van der Waals surface area contributed by atoms with Crippen molar-refractivity contribution in [3.05, 3.63) is 22.2 Å². The molecule has 0 saturated heterocycles. The van der Waals surface area contributed by atoms with Crippen molar-refractivity contribution in [3.8, 4) is 11.5 Å². The number of benzene rings is 1. The van der Waals surface area contributed by atoms with Gasteiger partial charge in [0.1, 0.15) is 23.1 Å². The molecule has 0 aromatic heterocycles. The first-order chi connectivity index (χ1) is 10.3. The highest BCUT2D eigenvalue weighted by Gasteiger charge is 2.26. The van der Waals surface area contributed by atoms with Gasteiger partial charge in [0.2, 0.25) is 5.91 Å². The molecular weight excluding hydrogens is 308 g/mol. The quantitative estimate of drug-likeness (QED) is 0.789. The summed E-state index contributed by atoms with van der Waals surface area (Å²) in [6, 6.07) is 1.71. The molecule has 22 heavy (non-hydrogen) atoms. The van der Waals surface area contributed by atoms with Gasteiger partial charge >= 0.3 is 0 Å². The Hall–Kier alpha value is -1.79. The minimum atomic E-state index is -0.643. The maximum absolute atomic E-state index is 11.3. The third-order valence-corrected chi connectivity index (χ3v) is 3.74. The zero-order valence-electron chi connectivity index (χ0n) is 12.7. The van der Waals surface area contributed by atoms with Crippen LogP contribution in [0, 0.1) is 12.8 Å². The molecule has 2 rings (SSSR count). The van der Waals surface area contributed by atoms with Crippen LogP contribution in [0.2, 0.25) is 5.02 Å². The Morgan fingerprint density at radius 2 is 2.27 bits per heavy atom.